The van der Waals surface area contributed by atoms with E-state index < -0.39 is 40.3 Å². The highest BCUT2D eigenvalue weighted by Crippen LogP contribution is 2.23. The van der Waals surface area contributed by atoms with Crippen molar-refractivity contribution in [2.45, 2.75) is 51.2 Å². The first-order chi connectivity index (χ1) is 8.10. The van der Waals surface area contributed by atoms with E-state index in [9.17, 15) is 21.6 Å². The van der Waals surface area contributed by atoms with Crippen LogP contribution in [0.3, 0.4) is 0 Å². The lowest BCUT2D eigenvalue weighted by Gasteiger charge is -2.30. The van der Waals surface area contributed by atoms with E-state index in [4.69, 9.17) is 0 Å². The predicted octanol–water partition coefficient (Wildman–Crippen LogP) is 3.20. The molecular formula is C10H19BrF3NO2S. The lowest BCUT2D eigenvalue weighted by Crippen LogP contribution is -2.49. The van der Waals surface area contributed by atoms with Crippen molar-refractivity contribution in [3.05, 3.63) is 0 Å². The van der Waals surface area contributed by atoms with Gasteiger partial charge in [0.15, 0.2) is 0 Å². The normalized spacial score (nSPS) is 13.9. The Kier molecular flexibility index (Phi) is 7.16. The summed E-state index contributed by atoms with van der Waals surface area (Å²) in [4.78, 5) is 0. The molecule has 0 radical (unpaired) electrons. The van der Waals surface area contributed by atoms with Gasteiger partial charge in [-0.25, -0.2) is 13.1 Å². The van der Waals surface area contributed by atoms with E-state index in [2.05, 4.69) is 20.7 Å². The third kappa shape index (κ3) is 6.94. The minimum absolute atomic E-state index is 0.412. The maximum Gasteiger partial charge on any atom is 0.389 e. The standard InChI is InChI=1S/C10H19BrF3NO2S/c1-3-9(4-2,8-11)15-18(16,17)7-5-6-10(12,13)14/h15H,3-8H2,1-2H3. The Bertz CT molecular complexity index is 331. The average Bonchev–Trinajstić information content (AvgIpc) is 2.24. The molecule has 0 amide bonds. The van der Waals surface area contributed by atoms with Gasteiger partial charge in [0.05, 0.1) is 5.75 Å². The highest BCUT2D eigenvalue weighted by atomic mass is 79.9. The first kappa shape index (κ1) is 18.2. The fourth-order valence-electron chi connectivity index (χ4n) is 1.45. The first-order valence-electron chi connectivity index (χ1n) is 5.74. The van der Waals surface area contributed by atoms with Crippen LogP contribution in [-0.4, -0.2) is 31.2 Å². The van der Waals surface area contributed by atoms with Gasteiger partial charge in [0.2, 0.25) is 10.0 Å². The molecule has 0 aromatic heterocycles. The highest BCUT2D eigenvalue weighted by Gasteiger charge is 2.31. The van der Waals surface area contributed by atoms with Crippen LogP contribution in [0.5, 0.6) is 0 Å². The molecule has 0 aliphatic heterocycles. The molecule has 0 saturated heterocycles. The second-order valence-electron chi connectivity index (χ2n) is 4.26. The van der Waals surface area contributed by atoms with Gasteiger partial charge in [0.25, 0.3) is 0 Å². The highest BCUT2D eigenvalue weighted by molar-refractivity contribution is 9.09. The molecule has 0 saturated carbocycles. The molecule has 8 heteroatoms. The van der Waals surface area contributed by atoms with E-state index >= 15 is 0 Å². The van der Waals surface area contributed by atoms with Crippen LogP contribution in [0.2, 0.25) is 0 Å². The van der Waals surface area contributed by atoms with Crippen molar-refractivity contribution in [2.75, 3.05) is 11.1 Å². The molecule has 0 fully saturated rings. The van der Waals surface area contributed by atoms with E-state index in [1.807, 2.05) is 13.8 Å². The Morgan fingerprint density at radius 2 is 1.67 bits per heavy atom. The van der Waals surface area contributed by atoms with E-state index in [1.54, 1.807) is 0 Å². The zero-order valence-corrected chi connectivity index (χ0v) is 12.9. The summed E-state index contributed by atoms with van der Waals surface area (Å²) in [6.07, 6.45) is -4.64. The van der Waals surface area contributed by atoms with Gasteiger partial charge in [-0.3, -0.25) is 0 Å². The van der Waals surface area contributed by atoms with E-state index in [-0.39, 0.29) is 0 Å². The first-order valence-corrected chi connectivity index (χ1v) is 8.51. The van der Waals surface area contributed by atoms with E-state index in [0.717, 1.165) is 0 Å². The molecular weight excluding hydrogens is 335 g/mol. The largest absolute Gasteiger partial charge is 0.389 e. The van der Waals surface area contributed by atoms with Crippen LogP contribution in [0.1, 0.15) is 39.5 Å². The summed E-state index contributed by atoms with van der Waals surface area (Å²) in [5.41, 5.74) is -0.614. The van der Waals surface area contributed by atoms with Crippen LogP contribution in [0.4, 0.5) is 13.2 Å². The van der Waals surface area contributed by atoms with Crippen molar-refractivity contribution in [3.8, 4) is 0 Å². The summed E-state index contributed by atoms with van der Waals surface area (Å²) >= 11 is 3.24. The monoisotopic (exact) mass is 353 g/mol. The average molecular weight is 354 g/mol. The molecule has 0 bridgehead atoms. The van der Waals surface area contributed by atoms with Crippen LogP contribution >= 0.6 is 15.9 Å². The zero-order chi connectivity index (χ0) is 14.4. The zero-order valence-electron chi connectivity index (χ0n) is 10.5. The third-order valence-electron chi connectivity index (χ3n) is 2.85. The molecule has 0 unspecified atom stereocenters. The number of sulfonamides is 1. The van der Waals surface area contributed by atoms with Crippen LogP contribution in [0.25, 0.3) is 0 Å². The number of nitrogens with one attached hydrogen (secondary N) is 1. The lowest BCUT2D eigenvalue weighted by molar-refractivity contribution is -0.134. The Labute approximate surface area is 115 Å². The SMILES string of the molecule is CCC(CC)(CBr)NS(=O)(=O)CCCC(F)(F)F. The maximum absolute atomic E-state index is 11.9. The summed E-state index contributed by atoms with van der Waals surface area (Å²) in [7, 11) is -3.68. The minimum atomic E-state index is -4.31. The van der Waals surface area contributed by atoms with Crippen molar-refractivity contribution >= 4 is 26.0 Å². The number of alkyl halides is 4. The van der Waals surface area contributed by atoms with Gasteiger partial charge in [0.1, 0.15) is 0 Å². The molecule has 0 rings (SSSR count). The molecule has 0 heterocycles. The molecule has 18 heavy (non-hydrogen) atoms. The molecule has 0 spiro atoms. The molecule has 0 aliphatic rings. The van der Waals surface area contributed by atoms with E-state index in [1.165, 1.54) is 0 Å². The van der Waals surface area contributed by atoms with Gasteiger partial charge in [-0.1, -0.05) is 29.8 Å². The topological polar surface area (TPSA) is 46.2 Å². The van der Waals surface area contributed by atoms with Gasteiger partial charge in [-0.05, 0) is 19.3 Å². The van der Waals surface area contributed by atoms with Crippen LogP contribution in [0.15, 0.2) is 0 Å². The summed E-state index contributed by atoms with van der Waals surface area (Å²) in [5, 5.41) is 0.436. The Hall–Kier alpha value is 0.180. The summed E-state index contributed by atoms with van der Waals surface area (Å²) < 4.78 is 61.8. The lowest BCUT2D eigenvalue weighted by atomic mass is 9.97. The number of hydrogen-bond acceptors (Lipinski definition) is 2. The van der Waals surface area contributed by atoms with Crippen molar-refractivity contribution < 1.29 is 21.6 Å². The van der Waals surface area contributed by atoms with E-state index in [0.29, 0.717) is 18.2 Å². The summed E-state index contributed by atoms with van der Waals surface area (Å²) in [6, 6.07) is 0. The van der Waals surface area contributed by atoms with Crippen LogP contribution in [0, 0.1) is 0 Å². The van der Waals surface area contributed by atoms with Gasteiger partial charge in [-0.15, -0.1) is 0 Å². The molecule has 110 valence electrons. The molecule has 0 aromatic rings. The van der Waals surface area contributed by atoms with Crippen molar-refractivity contribution in [1.82, 2.24) is 4.72 Å². The van der Waals surface area contributed by atoms with Gasteiger partial charge >= 0.3 is 6.18 Å². The predicted molar refractivity (Wildman–Crippen MR) is 69.3 cm³/mol. The quantitative estimate of drug-likeness (QED) is 0.681. The maximum atomic E-state index is 11.9. The Morgan fingerprint density at radius 1 is 1.17 bits per heavy atom. The molecule has 0 aromatic carbocycles. The molecule has 0 aliphatic carbocycles. The third-order valence-corrected chi connectivity index (χ3v) is 5.50. The number of halogens is 4. The van der Waals surface area contributed by atoms with Gasteiger partial charge < -0.3 is 0 Å². The van der Waals surface area contributed by atoms with Crippen LogP contribution < -0.4 is 4.72 Å². The second-order valence-corrected chi connectivity index (χ2v) is 6.66. The fourth-order valence-corrected chi connectivity index (χ4v) is 4.22. The smallest absolute Gasteiger partial charge is 0.212 e. The summed E-state index contributed by atoms with van der Waals surface area (Å²) in [5.74, 6) is -0.499. The molecule has 0 atom stereocenters. The van der Waals surface area contributed by atoms with Crippen LogP contribution in [-0.2, 0) is 10.0 Å². The number of hydrogen-bond donors (Lipinski definition) is 1. The molecule has 3 nitrogen and oxygen atoms in total. The summed E-state index contributed by atoms with van der Waals surface area (Å²) in [6.45, 7) is 3.67. The Balaban J connectivity index is 4.47. The van der Waals surface area contributed by atoms with Gasteiger partial charge in [-0.2, -0.15) is 13.2 Å². The van der Waals surface area contributed by atoms with Crippen molar-refractivity contribution in [3.63, 3.8) is 0 Å². The fraction of sp³-hybridized carbons (Fsp3) is 1.00. The van der Waals surface area contributed by atoms with Crippen molar-refractivity contribution in [1.29, 1.82) is 0 Å². The number of rotatable bonds is 8. The molecule has 1 N–H and O–H groups in total. The second kappa shape index (κ2) is 7.09. The van der Waals surface area contributed by atoms with Gasteiger partial charge in [0, 0.05) is 17.3 Å². The Morgan fingerprint density at radius 3 is 2.00 bits per heavy atom. The van der Waals surface area contributed by atoms with Crippen molar-refractivity contribution in [2.24, 2.45) is 0 Å². The minimum Gasteiger partial charge on any atom is -0.212 e.